The third-order valence-electron chi connectivity index (χ3n) is 3.93. The smallest absolute Gasteiger partial charge is 0.150 e. The van der Waals surface area contributed by atoms with Crippen LogP contribution in [0.5, 0.6) is 0 Å². The van der Waals surface area contributed by atoms with Crippen LogP contribution in [0.15, 0.2) is 22.7 Å². The highest BCUT2D eigenvalue weighted by atomic mass is 79.9. The van der Waals surface area contributed by atoms with E-state index in [1.54, 1.807) is 12.1 Å². The summed E-state index contributed by atoms with van der Waals surface area (Å²) in [5.74, 6) is 0.414. The fourth-order valence-electron chi connectivity index (χ4n) is 2.80. The van der Waals surface area contributed by atoms with Crippen molar-refractivity contribution in [3.05, 3.63) is 34.1 Å². The van der Waals surface area contributed by atoms with Gasteiger partial charge in [-0.25, -0.2) is 12.8 Å². The van der Waals surface area contributed by atoms with E-state index in [-0.39, 0.29) is 29.3 Å². The third kappa shape index (κ3) is 4.76. The van der Waals surface area contributed by atoms with E-state index in [2.05, 4.69) is 28.2 Å². The normalized spacial score (nSPS) is 22.3. The van der Waals surface area contributed by atoms with Crippen LogP contribution in [-0.2, 0) is 16.3 Å². The van der Waals surface area contributed by atoms with Crippen molar-refractivity contribution in [1.29, 1.82) is 0 Å². The minimum absolute atomic E-state index is 0.125. The predicted molar refractivity (Wildman–Crippen MR) is 86.6 cm³/mol. The summed E-state index contributed by atoms with van der Waals surface area (Å²) in [6.45, 7) is 2.95. The van der Waals surface area contributed by atoms with Gasteiger partial charge in [-0.1, -0.05) is 13.0 Å². The molecular formula is C15H21BrFNO2S. The van der Waals surface area contributed by atoms with Gasteiger partial charge < -0.3 is 5.32 Å². The van der Waals surface area contributed by atoms with Gasteiger partial charge in [-0.3, -0.25) is 0 Å². The van der Waals surface area contributed by atoms with Gasteiger partial charge in [0.05, 0.1) is 16.0 Å². The topological polar surface area (TPSA) is 46.2 Å². The summed E-state index contributed by atoms with van der Waals surface area (Å²) in [4.78, 5) is 0. The van der Waals surface area contributed by atoms with Crippen LogP contribution in [0.3, 0.4) is 0 Å². The van der Waals surface area contributed by atoms with Crippen molar-refractivity contribution in [2.45, 2.75) is 32.2 Å². The number of hydrogen-bond donors (Lipinski definition) is 1. The van der Waals surface area contributed by atoms with E-state index < -0.39 is 9.84 Å². The number of benzene rings is 1. The lowest BCUT2D eigenvalue weighted by molar-refractivity contribution is 0.379. The Morgan fingerprint density at radius 3 is 2.81 bits per heavy atom. The Labute approximate surface area is 134 Å². The molecule has 0 aromatic heterocycles. The lowest BCUT2D eigenvalue weighted by Crippen LogP contribution is -2.39. The summed E-state index contributed by atoms with van der Waals surface area (Å²) in [5.41, 5.74) is 1.01. The summed E-state index contributed by atoms with van der Waals surface area (Å²) in [6.07, 6.45) is 2.44. The maximum absolute atomic E-state index is 13.3. The molecule has 21 heavy (non-hydrogen) atoms. The summed E-state index contributed by atoms with van der Waals surface area (Å²) in [6, 6.07) is 5.12. The highest BCUT2D eigenvalue weighted by Crippen LogP contribution is 2.25. The van der Waals surface area contributed by atoms with Gasteiger partial charge in [0.15, 0.2) is 9.84 Å². The first kappa shape index (κ1) is 16.9. The first-order chi connectivity index (χ1) is 9.91. The van der Waals surface area contributed by atoms with Gasteiger partial charge in [0.25, 0.3) is 0 Å². The number of rotatable bonds is 6. The first-order valence-corrected chi connectivity index (χ1v) is 9.90. The second kappa shape index (κ2) is 7.20. The number of nitrogens with one attached hydrogen (secondary N) is 1. The van der Waals surface area contributed by atoms with Crippen molar-refractivity contribution in [2.24, 2.45) is 5.92 Å². The van der Waals surface area contributed by atoms with Gasteiger partial charge in [0.1, 0.15) is 5.82 Å². The molecule has 0 aliphatic carbocycles. The van der Waals surface area contributed by atoms with Crippen LogP contribution in [0.2, 0.25) is 0 Å². The van der Waals surface area contributed by atoms with Gasteiger partial charge in [-0.2, -0.15) is 0 Å². The van der Waals surface area contributed by atoms with E-state index in [1.165, 1.54) is 6.07 Å². The molecule has 1 fully saturated rings. The Balaban J connectivity index is 2.10. The average Bonchev–Trinajstić information content (AvgIpc) is 2.79. The molecular weight excluding hydrogens is 357 g/mol. The molecule has 0 spiro atoms. The molecule has 1 heterocycles. The van der Waals surface area contributed by atoms with Crippen LogP contribution in [0.1, 0.15) is 25.3 Å². The first-order valence-electron chi connectivity index (χ1n) is 7.29. The molecule has 1 aliphatic heterocycles. The van der Waals surface area contributed by atoms with Gasteiger partial charge in [0.2, 0.25) is 0 Å². The molecule has 1 aliphatic rings. The highest BCUT2D eigenvalue weighted by molar-refractivity contribution is 9.10. The molecule has 6 heteroatoms. The molecule has 0 radical (unpaired) electrons. The molecule has 2 unspecified atom stereocenters. The molecule has 3 nitrogen and oxygen atoms in total. The molecule has 1 N–H and O–H groups in total. The molecule has 0 bridgehead atoms. The van der Waals surface area contributed by atoms with Crippen LogP contribution in [0.4, 0.5) is 4.39 Å². The Kier molecular flexibility index (Phi) is 5.80. The zero-order chi connectivity index (χ0) is 15.5. The van der Waals surface area contributed by atoms with E-state index in [1.807, 2.05) is 0 Å². The van der Waals surface area contributed by atoms with Crippen molar-refractivity contribution in [3.63, 3.8) is 0 Å². The fourth-order valence-corrected chi connectivity index (χ4v) is 5.10. The lowest BCUT2D eigenvalue weighted by atomic mass is 9.93. The van der Waals surface area contributed by atoms with Crippen molar-refractivity contribution in [3.8, 4) is 0 Å². The summed E-state index contributed by atoms with van der Waals surface area (Å²) >= 11 is 3.20. The van der Waals surface area contributed by atoms with Crippen molar-refractivity contribution < 1.29 is 12.8 Å². The van der Waals surface area contributed by atoms with Gasteiger partial charge in [-0.05, 0) is 65.4 Å². The van der Waals surface area contributed by atoms with E-state index in [4.69, 9.17) is 0 Å². The average molecular weight is 378 g/mol. The van der Waals surface area contributed by atoms with E-state index >= 15 is 0 Å². The molecule has 1 aromatic carbocycles. The molecule has 1 saturated heterocycles. The maximum Gasteiger partial charge on any atom is 0.150 e. The molecule has 2 atom stereocenters. The monoisotopic (exact) mass is 377 g/mol. The van der Waals surface area contributed by atoms with Gasteiger partial charge in [-0.15, -0.1) is 0 Å². The second-order valence-electron chi connectivity index (χ2n) is 5.68. The van der Waals surface area contributed by atoms with Crippen molar-refractivity contribution >= 4 is 25.8 Å². The van der Waals surface area contributed by atoms with Gasteiger partial charge >= 0.3 is 0 Å². The maximum atomic E-state index is 13.3. The zero-order valence-corrected chi connectivity index (χ0v) is 14.5. The van der Waals surface area contributed by atoms with E-state index in [0.29, 0.717) is 10.9 Å². The SMILES string of the molecule is CCCNC(Cc1ccc(F)c(Br)c1)C1CCS(=O)(=O)C1. The Bertz CT molecular complexity index is 591. The molecule has 0 amide bonds. The minimum Gasteiger partial charge on any atom is -0.313 e. The van der Waals surface area contributed by atoms with Crippen LogP contribution in [-0.4, -0.2) is 32.5 Å². The summed E-state index contributed by atoms with van der Waals surface area (Å²) < 4.78 is 37.1. The van der Waals surface area contributed by atoms with Crippen LogP contribution in [0, 0.1) is 11.7 Å². The zero-order valence-electron chi connectivity index (χ0n) is 12.1. The number of hydrogen-bond acceptors (Lipinski definition) is 3. The fraction of sp³-hybridized carbons (Fsp3) is 0.600. The number of sulfone groups is 1. The van der Waals surface area contributed by atoms with Crippen LogP contribution < -0.4 is 5.32 Å². The largest absolute Gasteiger partial charge is 0.313 e. The highest BCUT2D eigenvalue weighted by Gasteiger charge is 2.33. The van der Waals surface area contributed by atoms with Crippen molar-refractivity contribution in [1.82, 2.24) is 5.32 Å². The molecule has 2 rings (SSSR count). The standard InChI is InChI=1S/C15H21BrFNO2S/c1-2-6-18-15(12-5-7-21(19,20)10-12)9-11-3-4-14(17)13(16)8-11/h3-4,8,12,15,18H,2,5-7,9-10H2,1H3. The Hall–Kier alpha value is -0.460. The molecule has 118 valence electrons. The Morgan fingerprint density at radius 2 is 2.24 bits per heavy atom. The predicted octanol–water partition coefficient (Wildman–Crippen LogP) is 2.93. The van der Waals surface area contributed by atoms with Crippen LogP contribution in [0.25, 0.3) is 0 Å². The molecule has 0 saturated carbocycles. The summed E-state index contributed by atoms with van der Waals surface area (Å²) in [5, 5.41) is 3.46. The lowest BCUT2D eigenvalue weighted by Gasteiger charge is -2.24. The van der Waals surface area contributed by atoms with Crippen molar-refractivity contribution in [2.75, 3.05) is 18.1 Å². The summed E-state index contributed by atoms with van der Waals surface area (Å²) in [7, 11) is -2.88. The minimum atomic E-state index is -2.88. The van der Waals surface area contributed by atoms with Gasteiger partial charge in [0, 0.05) is 6.04 Å². The van der Waals surface area contributed by atoms with E-state index in [0.717, 1.165) is 24.9 Å². The van der Waals surface area contributed by atoms with E-state index in [9.17, 15) is 12.8 Å². The quantitative estimate of drug-likeness (QED) is 0.828. The second-order valence-corrected chi connectivity index (χ2v) is 8.76. The Morgan fingerprint density at radius 1 is 1.48 bits per heavy atom. The third-order valence-corrected chi connectivity index (χ3v) is 6.33. The van der Waals surface area contributed by atoms with Crippen LogP contribution >= 0.6 is 15.9 Å². The molecule has 1 aromatic rings. The number of halogens is 2.